The maximum Gasteiger partial charge on any atom is 0.312 e. The molecule has 1 aromatic rings. The van der Waals surface area contributed by atoms with Crippen molar-refractivity contribution in [3.05, 3.63) is 29.8 Å². The molecule has 2 N–H and O–H groups in total. The van der Waals surface area contributed by atoms with Gasteiger partial charge in [-0.25, -0.2) is 0 Å². The second kappa shape index (κ2) is 6.16. The molecule has 0 spiro atoms. The Hall–Kier alpha value is -2.04. The van der Waals surface area contributed by atoms with Crippen LogP contribution in [0.3, 0.4) is 0 Å². The third-order valence-electron chi connectivity index (χ3n) is 4.15. The summed E-state index contributed by atoms with van der Waals surface area (Å²) >= 11 is 0. The van der Waals surface area contributed by atoms with E-state index in [-0.39, 0.29) is 18.0 Å². The van der Waals surface area contributed by atoms with E-state index in [0.717, 1.165) is 17.7 Å². The molecule has 0 bridgehead atoms. The second-order valence-corrected chi connectivity index (χ2v) is 5.60. The molecule has 0 radical (unpaired) electrons. The van der Waals surface area contributed by atoms with E-state index in [0.29, 0.717) is 6.54 Å². The Kier molecular flexibility index (Phi) is 4.50. The van der Waals surface area contributed by atoms with Gasteiger partial charge in [0.05, 0.1) is 0 Å². The van der Waals surface area contributed by atoms with Crippen LogP contribution in [-0.2, 0) is 9.59 Å². The molecule has 0 aliphatic carbocycles. The van der Waals surface area contributed by atoms with Gasteiger partial charge in [-0.15, -0.1) is 0 Å². The Bertz CT molecular complexity index is 544. The fourth-order valence-corrected chi connectivity index (χ4v) is 2.62. The highest BCUT2D eigenvalue weighted by atomic mass is 16.4. The minimum Gasteiger partial charge on any atom is -0.481 e. The zero-order valence-corrected chi connectivity index (χ0v) is 12.7. The molecule has 0 aromatic heterocycles. The Labute approximate surface area is 125 Å². The molecule has 1 heterocycles. The van der Waals surface area contributed by atoms with E-state index < -0.39 is 11.9 Å². The molecule has 1 aliphatic heterocycles. The van der Waals surface area contributed by atoms with E-state index in [2.05, 4.69) is 5.32 Å². The van der Waals surface area contributed by atoms with Crippen molar-refractivity contribution >= 4 is 17.6 Å². The lowest BCUT2D eigenvalue weighted by molar-refractivity contribution is -0.138. The highest BCUT2D eigenvalue weighted by Gasteiger charge is 2.37. The van der Waals surface area contributed by atoms with E-state index in [1.165, 1.54) is 0 Å². The van der Waals surface area contributed by atoms with E-state index in [9.17, 15) is 14.7 Å². The summed E-state index contributed by atoms with van der Waals surface area (Å²) in [6, 6.07) is 7.15. The number of rotatable bonds is 5. The molecule has 1 aliphatic rings. The van der Waals surface area contributed by atoms with Gasteiger partial charge in [-0.3, -0.25) is 9.59 Å². The first kappa shape index (κ1) is 15.4. The molecule has 21 heavy (non-hydrogen) atoms. The van der Waals surface area contributed by atoms with Crippen LogP contribution in [0.4, 0.5) is 5.69 Å². The first-order valence-corrected chi connectivity index (χ1v) is 7.34. The van der Waals surface area contributed by atoms with Gasteiger partial charge in [0.15, 0.2) is 0 Å². The zero-order valence-electron chi connectivity index (χ0n) is 12.7. The predicted molar refractivity (Wildman–Crippen MR) is 81.5 cm³/mol. The number of benzene rings is 1. The third kappa shape index (κ3) is 3.01. The summed E-state index contributed by atoms with van der Waals surface area (Å²) < 4.78 is 0. The van der Waals surface area contributed by atoms with Gasteiger partial charge < -0.3 is 15.3 Å². The number of para-hydroxylation sites is 1. The van der Waals surface area contributed by atoms with Crippen LogP contribution in [0.5, 0.6) is 0 Å². The SMILES string of the molecule is CCC(C)NC(=O)C(C)N1CC(C(=O)O)c2ccccc21. The van der Waals surface area contributed by atoms with Gasteiger partial charge in [0.2, 0.25) is 5.91 Å². The molecular weight excluding hydrogens is 268 g/mol. The summed E-state index contributed by atoms with van der Waals surface area (Å²) in [5.41, 5.74) is 1.63. The van der Waals surface area contributed by atoms with Crippen molar-refractivity contribution < 1.29 is 14.7 Å². The predicted octanol–water partition coefficient (Wildman–Crippen LogP) is 1.98. The van der Waals surface area contributed by atoms with Crippen molar-refractivity contribution in [1.29, 1.82) is 0 Å². The van der Waals surface area contributed by atoms with Crippen molar-refractivity contribution in [1.82, 2.24) is 5.32 Å². The van der Waals surface area contributed by atoms with Crippen LogP contribution in [0.25, 0.3) is 0 Å². The first-order chi connectivity index (χ1) is 9.95. The molecule has 5 nitrogen and oxygen atoms in total. The number of aliphatic carboxylic acids is 1. The molecule has 1 amide bonds. The minimum atomic E-state index is -0.848. The highest BCUT2D eigenvalue weighted by Crippen LogP contribution is 2.37. The molecule has 3 atom stereocenters. The maximum absolute atomic E-state index is 12.3. The summed E-state index contributed by atoms with van der Waals surface area (Å²) in [6.07, 6.45) is 0.868. The summed E-state index contributed by atoms with van der Waals surface area (Å²) in [4.78, 5) is 25.6. The molecule has 2 rings (SSSR count). The lowest BCUT2D eigenvalue weighted by atomic mass is 10.0. The monoisotopic (exact) mass is 290 g/mol. The van der Waals surface area contributed by atoms with Gasteiger partial charge in [0, 0.05) is 18.3 Å². The van der Waals surface area contributed by atoms with Crippen LogP contribution in [0, 0.1) is 0 Å². The van der Waals surface area contributed by atoms with E-state index in [1.54, 1.807) is 0 Å². The lowest BCUT2D eigenvalue weighted by Gasteiger charge is -2.27. The molecule has 1 aromatic carbocycles. The van der Waals surface area contributed by atoms with E-state index >= 15 is 0 Å². The van der Waals surface area contributed by atoms with Crippen molar-refractivity contribution in [2.45, 2.75) is 45.2 Å². The number of hydrogen-bond acceptors (Lipinski definition) is 3. The fraction of sp³-hybridized carbons (Fsp3) is 0.500. The maximum atomic E-state index is 12.3. The quantitative estimate of drug-likeness (QED) is 0.870. The molecule has 114 valence electrons. The summed E-state index contributed by atoms with van der Waals surface area (Å²) in [7, 11) is 0. The molecule has 0 saturated carbocycles. The van der Waals surface area contributed by atoms with Crippen molar-refractivity contribution in [2.24, 2.45) is 0 Å². The summed E-state index contributed by atoms with van der Waals surface area (Å²) in [6.45, 7) is 6.13. The fourth-order valence-electron chi connectivity index (χ4n) is 2.62. The first-order valence-electron chi connectivity index (χ1n) is 7.34. The van der Waals surface area contributed by atoms with Gasteiger partial charge in [-0.05, 0) is 31.9 Å². The number of hydrogen-bond donors (Lipinski definition) is 2. The van der Waals surface area contributed by atoms with Gasteiger partial charge in [0.1, 0.15) is 12.0 Å². The van der Waals surface area contributed by atoms with Gasteiger partial charge >= 0.3 is 5.97 Å². The van der Waals surface area contributed by atoms with Crippen molar-refractivity contribution in [3.8, 4) is 0 Å². The molecule has 0 fully saturated rings. The van der Waals surface area contributed by atoms with Gasteiger partial charge in [-0.1, -0.05) is 25.1 Å². The van der Waals surface area contributed by atoms with Crippen LogP contribution < -0.4 is 10.2 Å². The Morgan fingerprint density at radius 1 is 1.38 bits per heavy atom. The van der Waals surface area contributed by atoms with Crippen LogP contribution >= 0.6 is 0 Å². The van der Waals surface area contributed by atoms with Gasteiger partial charge in [0.25, 0.3) is 0 Å². The largest absolute Gasteiger partial charge is 0.481 e. The summed E-state index contributed by atoms with van der Waals surface area (Å²) in [5, 5.41) is 12.3. The molecule has 3 unspecified atom stereocenters. The number of fused-ring (bicyclic) bond motifs is 1. The number of carboxylic acids is 1. The number of nitrogens with one attached hydrogen (secondary N) is 1. The topological polar surface area (TPSA) is 69.6 Å². The van der Waals surface area contributed by atoms with E-state index in [1.807, 2.05) is 49.9 Å². The average Bonchev–Trinajstić information content (AvgIpc) is 2.86. The van der Waals surface area contributed by atoms with Crippen LogP contribution in [0.15, 0.2) is 24.3 Å². The standard InChI is InChI=1S/C16H22N2O3/c1-4-10(2)17-15(19)11(3)18-9-13(16(20)21)12-7-5-6-8-14(12)18/h5-8,10-11,13H,4,9H2,1-3H3,(H,17,19)(H,20,21). The van der Waals surface area contributed by atoms with E-state index in [4.69, 9.17) is 0 Å². The summed E-state index contributed by atoms with van der Waals surface area (Å²) in [5.74, 6) is -1.48. The normalized spacial score (nSPS) is 19.8. The number of carbonyl (C=O) groups excluding carboxylic acids is 1. The minimum absolute atomic E-state index is 0.0646. The van der Waals surface area contributed by atoms with Crippen molar-refractivity contribution in [3.63, 3.8) is 0 Å². The number of carboxylic acid groups (broad SMARTS) is 1. The van der Waals surface area contributed by atoms with Crippen molar-refractivity contribution in [2.75, 3.05) is 11.4 Å². The average molecular weight is 290 g/mol. The van der Waals surface area contributed by atoms with Crippen LogP contribution in [0.2, 0.25) is 0 Å². The molecule has 5 heteroatoms. The molecule has 0 saturated heterocycles. The van der Waals surface area contributed by atoms with Crippen LogP contribution in [0.1, 0.15) is 38.7 Å². The second-order valence-electron chi connectivity index (χ2n) is 5.60. The van der Waals surface area contributed by atoms with Crippen LogP contribution in [-0.4, -0.2) is 35.6 Å². The number of anilines is 1. The van der Waals surface area contributed by atoms with Gasteiger partial charge in [-0.2, -0.15) is 0 Å². The zero-order chi connectivity index (χ0) is 15.6. The number of carbonyl (C=O) groups is 2. The Morgan fingerprint density at radius 2 is 2.05 bits per heavy atom. The Balaban J connectivity index is 2.21. The number of nitrogens with zero attached hydrogens (tertiary/aromatic N) is 1. The highest BCUT2D eigenvalue weighted by molar-refractivity contribution is 5.89. The lowest BCUT2D eigenvalue weighted by Crippen LogP contribution is -2.47. The smallest absolute Gasteiger partial charge is 0.312 e. The molecular formula is C16H22N2O3. The Morgan fingerprint density at radius 3 is 2.67 bits per heavy atom. The third-order valence-corrected chi connectivity index (χ3v) is 4.15. The number of amides is 1.